The van der Waals surface area contributed by atoms with E-state index in [2.05, 4.69) is 15.9 Å². The second kappa shape index (κ2) is 7.28. The van der Waals surface area contributed by atoms with Crippen molar-refractivity contribution in [1.29, 1.82) is 5.26 Å². The molecule has 0 fully saturated rings. The van der Waals surface area contributed by atoms with Gasteiger partial charge in [0.1, 0.15) is 23.1 Å². The zero-order valence-corrected chi connectivity index (χ0v) is 16.4. The lowest BCUT2D eigenvalue weighted by atomic mass is 10.0. The monoisotopic (exact) mass is 414 g/mol. The summed E-state index contributed by atoms with van der Waals surface area (Å²) in [6, 6.07) is 7.21. The molecule has 6 nitrogen and oxygen atoms in total. The van der Waals surface area contributed by atoms with Gasteiger partial charge in [0.25, 0.3) is 0 Å². The van der Waals surface area contributed by atoms with E-state index in [1.54, 1.807) is 45.9 Å². The third-order valence-corrected chi connectivity index (χ3v) is 6.27. The highest BCUT2D eigenvalue weighted by atomic mass is 79.9. The van der Waals surface area contributed by atoms with Crippen LogP contribution in [0.1, 0.15) is 38.9 Å². The van der Waals surface area contributed by atoms with Crippen molar-refractivity contribution in [1.82, 2.24) is 0 Å². The van der Waals surface area contributed by atoms with Gasteiger partial charge in [0.05, 0.1) is 12.2 Å². The molecule has 0 radical (unpaired) electrons. The second-order valence-electron chi connectivity index (χ2n) is 5.92. The highest BCUT2D eigenvalue weighted by Gasteiger charge is 2.46. The number of hydrogen-bond donors (Lipinski definition) is 1. The Morgan fingerprint density at radius 3 is 2.38 bits per heavy atom. The lowest BCUT2D eigenvalue weighted by Gasteiger charge is -2.33. The van der Waals surface area contributed by atoms with Crippen molar-refractivity contribution in [3.05, 3.63) is 39.7 Å². The van der Waals surface area contributed by atoms with Crippen LogP contribution >= 0.6 is 23.5 Å². The molecule has 0 amide bonds. The van der Waals surface area contributed by atoms with Crippen LogP contribution in [0.4, 0.5) is 0 Å². The van der Waals surface area contributed by atoms with Crippen molar-refractivity contribution in [2.45, 2.75) is 45.6 Å². The Bertz CT molecular complexity index is 741. The Kier molecular flexibility index (Phi) is 5.77. The molecule has 0 aromatic heterocycles. The zero-order valence-electron chi connectivity index (χ0n) is 13.9. The summed E-state index contributed by atoms with van der Waals surface area (Å²) in [5.74, 6) is 0.344. The molecule has 0 bridgehead atoms. The molecule has 1 aliphatic heterocycles. The molecule has 1 unspecified atom stereocenters. The molecule has 1 atom stereocenters. The van der Waals surface area contributed by atoms with Crippen LogP contribution in [0.2, 0.25) is 0 Å². The number of nitrogens with zero attached hydrogens (tertiary/aromatic N) is 1. The highest BCUT2D eigenvalue weighted by Crippen LogP contribution is 2.67. The lowest BCUT2D eigenvalue weighted by molar-refractivity contribution is 0.137. The fourth-order valence-electron chi connectivity index (χ4n) is 2.47. The van der Waals surface area contributed by atoms with E-state index in [1.165, 1.54) is 0 Å². The topological polar surface area (TPSA) is 94.6 Å². The lowest BCUT2D eigenvalue weighted by Crippen LogP contribution is -2.23. The molecule has 24 heavy (non-hydrogen) atoms. The van der Waals surface area contributed by atoms with Gasteiger partial charge in [-0.05, 0) is 45.9 Å². The van der Waals surface area contributed by atoms with E-state index in [9.17, 15) is 9.83 Å². The molecule has 8 heteroatoms. The Morgan fingerprint density at radius 2 is 1.88 bits per heavy atom. The summed E-state index contributed by atoms with van der Waals surface area (Å²) in [6.07, 6.45) is -0.705. The number of benzene rings is 1. The summed E-state index contributed by atoms with van der Waals surface area (Å²) in [5, 5.41) is 9.55. The van der Waals surface area contributed by atoms with Gasteiger partial charge in [0.15, 0.2) is 0 Å². The maximum absolute atomic E-state index is 13.6. The molecule has 1 aromatic carbocycles. The molecule has 1 heterocycles. The summed E-state index contributed by atoms with van der Waals surface area (Å²) >= 11 is 3.39. The van der Waals surface area contributed by atoms with Gasteiger partial charge < -0.3 is 19.5 Å². The van der Waals surface area contributed by atoms with E-state index in [0.29, 0.717) is 11.3 Å². The van der Waals surface area contributed by atoms with Crippen molar-refractivity contribution >= 4 is 23.5 Å². The van der Waals surface area contributed by atoms with Crippen LogP contribution in [0.15, 0.2) is 34.1 Å². The molecule has 2 rings (SSSR count). The molecule has 1 aromatic rings. The van der Waals surface area contributed by atoms with Gasteiger partial charge in [-0.25, -0.2) is 0 Å². The Labute approximate surface area is 150 Å². The van der Waals surface area contributed by atoms with Crippen LogP contribution in [0.3, 0.4) is 0 Å². The molecule has 130 valence electrons. The fraction of sp³-hybridized carbons (Fsp3) is 0.438. The fourth-order valence-corrected chi connectivity index (χ4v) is 5.36. The predicted molar refractivity (Wildman–Crippen MR) is 94.4 cm³/mol. The van der Waals surface area contributed by atoms with Crippen molar-refractivity contribution in [3.8, 4) is 11.8 Å². The number of nitriles is 1. The first-order valence-electron chi connectivity index (χ1n) is 7.51. The molecule has 0 spiro atoms. The van der Waals surface area contributed by atoms with Crippen LogP contribution in [-0.4, -0.2) is 12.2 Å². The third-order valence-electron chi connectivity index (χ3n) is 3.18. The molecule has 2 N–H and O–H groups in total. The van der Waals surface area contributed by atoms with Crippen molar-refractivity contribution in [2.75, 3.05) is 0 Å². The van der Waals surface area contributed by atoms with Gasteiger partial charge in [-0.1, -0.05) is 15.9 Å². The number of hydrogen-bond acceptors (Lipinski definition) is 6. The largest absolute Gasteiger partial charge is 0.440 e. The maximum Gasteiger partial charge on any atom is 0.344 e. The van der Waals surface area contributed by atoms with Crippen molar-refractivity contribution in [2.24, 2.45) is 5.73 Å². The van der Waals surface area contributed by atoms with Gasteiger partial charge >= 0.3 is 7.60 Å². The molecular formula is C16H20BrN2O4P. The number of halogens is 1. The minimum absolute atomic E-state index is 0.0465. The number of rotatable bonds is 5. The van der Waals surface area contributed by atoms with Gasteiger partial charge in [-0.2, -0.15) is 5.26 Å². The van der Waals surface area contributed by atoms with E-state index < -0.39 is 13.3 Å². The third kappa shape index (κ3) is 3.84. The van der Waals surface area contributed by atoms with Crippen LogP contribution in [0.25, 0.3) is 0 Å². The molecule has 0 aliphatic carbocycles. The van der Waals surface area contributed by atoms with Crippen LogP contribution in [0.5, 0.6) is 5.75 Å². The van der Waals surface area contributed by atoms with Gasteiger partial charge in [0.2, 0.25) is 5.88 Å². The van der Waals surface area contributed by atoms with Crippen LogP contribution < -0.4 is 10.5 Å². The summed E-state index contributed by atoms with van der Waals surface area (Å²) in [4.78, 5) is 0. The van der Waals surface area contributed by atoms with Crippen molar-refractivity contribution in [3.63, 3.8) is 0 Å². The average molecular weight is 415 g/mol. The number of ether oxygens (including phenoxy) is 1. The first kappa shape index (κ1) is 19.0. The molecule has 0 saturated heterocycles. The number of allylic oxidation sites excluding steroid dienone is 1. The van der Waals surface area contributed by atoms with Crippen molar-refractivity contribution < 1.29 is 18.3 Å². The average Bonchev–Trinajstić information content (AvgIpc) is 2.44. The van der Waals surface area contributed by atoms with E-state index in [-0.39, 0.29) is 23.7 Å². The van der Waals surface area contributed by atoms with Crippen LogP contribution in [-0.2, 0) is 13.6 Å². The quantitative estimate of drug-likeness (QED) is 0.706. The normalized spacial score (nSPS) is 17.7. The summed E-state index contributed by atoms with van der Waals surface area (Å²) < 4.78 is 31.3. The first-order chi connectivity index (χ1) is 11.2. The first-order valence-corrected chi connectivity index (χ1v) is 9.92. The standard InChI is InChI=1S/C16H20BrN2O4P/c1-9(2)22-24(20,23-10(3)4)15-12-7-11(17)5-6-14(12)21-16(19)13(15)8-18/h5-7,9-10,15H,19H2,1-4H3. The summed E-state index contributed by atoms with van der Waals surface area (Å²) in [6.45, 7) is 7.04. The Balaban J connectivity index is 2.68. The highest BCUT2D eigenvalue weighted by molar-refractivity contribution is 9.10. The predicted octanol–water partition coefficient (Wildman–Crippen LogP) is 4.62. The minimum atomic E-state index is -3.73. The smallest absolute Gasteiger partial charge is 0.344 e. The molecular weight excluding hydrogens is 395 g/mol. The zero-order chi connectivity index (χ0) is 18.1. The molecule has 0 saturated carbocycles. The van der Waals surface area contributed by atoms with Crippen LogP contribution in [0, 0.1) is 11.3 Å². The number of fused-ring (bicyclic) bond motifs is 1. The number of nitrogens with two attached hydrogens (primary N) is 1. The van der Waals surface area contributed by atoms with Gasteiger partial charge in [-0.3, -0.25) is 4.57 Å². The summed E-state index contributed by atoms with van der Waals surface area (Å²) in [5.41, 5.74) is 5.53. The Morgan fingerprint density at radius 1 is 1.29 bits per heavy atom. The van der Waals surface area contributed by atoms with Gasteiger partial charge in [0, 0.05) is 10.0 Å². The minimum Gasteiger partial charge on any atom is -0.440 e. The second-order valence-corrected chi connectivity index (χ2v) is 8.86. The van der Waals surface area contributed by atoms with E-state index in [0.717, 1.165) is 4.47 Å². The summed E-state index contributed by atoms with van der Waals surface area (Å²) in [7, 11) is -3.73. The molecule has 1 aliphatic rings. The Hall–Kier alpha value is -1.32. The van der Waals surface area contributed by atoms with E-state index in [1.807, 2.05) is 6.07 Å². The van der Waals surface area contributed by atoms with E-state index in [4.69, 9.17) is 19.5 Å². The maximum atomic E-state index is 13.6. The van der Waals surface area contributed by atoms with E-state index >= 15 is 0 Å². The SMILES string of the molecule is CC(C)OP(=O)(OC(C)C)C1C(C#N)=C(N)Oc2ccc(Br)cc21. The van der Waals surface area contributed by atoms with Gasteiger partial charge in [-0.15, -0.1) is 0 Å².